The van der Waals surface area contributed by atoms with E-state index in [1.807, 2.05) is 25.1 Å². The van der Waals surface area contributed by atoms with Crippen molar-refractivity contribution in [1.29, 1.82) is 0 Å². The lowest BCUT2D eigenvalue weighted by atomic mass is 9.48. The summed E-state index contributed by atoms with van der Waals surface area (Å²) >= 11 is 7.41. The van der Waals surface area contributed by atoms with Crippen molar-refractivity contribution in [2.45, 2.75) is 70.2 Å². The first-order chi connectivity index (χ1) is 15.4. The molecule has 4 fully saturated rings. The summed E-state index contributed by atoms with van der Waals surface area (Å²) in [4.78, 5) is 17.1. The van der Waals surface area contributed by atoms with Gasteiger partial charge in [-0.1, -0.05) is 23.4 Å². The highest BCUT2D eigenvalue weighted by Crippen LogP contribution is 2.61. The molecule has 4 saturated carbocycles. The van der Waals surface area contributed by atoms with Gasteiger partial charge >= 0.3 is 0 Å². The molecule has 0 radical (unpaired) electrons. The van der Waals surface area contributed by atoms with Gasteiger partial charge < -0.3 is 10.1 Å². The zero-order chi connectivity index (χ0) is 22.3. The van der Waals surface area contributed by atoms with Crippen molar-refractivity contribution in [3.63, 3.8) is 0 Å². The Bertz CT molecular complexity index is 959. The Morgan fingerprint density at radius 3 is 2.62 bits per heavy atom. The number of carbonyl (C=O) groups is 1. The van der Waals surface area contributed by atoms with Gasteiger partial charge in [-0.05, 0) is 99.3 Å². The van der Waals surface area contributed by atoms with Crippen LogP contribution in [-0.4, -0.2) is 32.9 Å². The van der Waals surface area contributed by atoms with Crippen LogP contribution in [0.25, 0.3) is 0 Å². The number of aromatic nitrogens is 3. The molecule has 1 unspecified atom stereocenters. The van der Waals surface area contributed by atoms with E-state index in [1.54, 1.807) is 0 Å². The van der Waals surface area contributed by atoms with E-state index in [1.165, 1.54) is 50.3 Å². The first kappa shape index (κ1) is 22.1. The lowest BCUT2D eigenvalue weighted by Crippen LogP contribution is -2.56. The summed E-state index contributed by atoms with van der Waals surface area (Å²) in [6.45, 7) is 4.44. The molecule has 1 aromatic carbocycles. The zero-order valence-electron chi connectivity index (χ0n) is 18.7. The number of halogens is 1. The van der Waals surface area contributed by atoms with Gasteiger partial charge in [-0.3, -0.25) is 9.89 Å². The highest BCUT2D eigenvalue weighted by atomic mass is 35.5. The molecule has 0 saturated heterocycles. The molecule has 8 heteroatoms. The molecular formula is C24H31ClN4O2S. The Kier molecular flexibility index (Phi) is 6.14. The number of ether oxygens (including phenoxy) is 1. The lowest BCUT2D eigenvalue weighted by molar-refractivity contribution is -0.123. The van der Waals surface area contributed by atoms with Gasteiger partial charge in [-0.15, -0.1) is 5.10 Å². The average Bonchev–Trinajstić information content (AvgIpc) is 3.20. The third-order valence-electron chi connectivity index (χ3n) is 7.73. The van der Waals surface area contributed by atoms with Gasteiger partial charge in [-0.25, -0.2) is 4.98 Å². The van der Waals surface area contributed by atoms with Crippen molar-refractivity contribution in [2.24, 2.45) is 23.2 Å². The second kappa shape index (κ2) is 8.90. The Morgan fingerprint density at radius 1 is 1.28 bits per heavy atom. The number of aromatic amines is 1. The largest absolute Gasteiger partial charge is 0.486 e. The van der Waals surface area contributed by atoms with E-state index in [2.05, 4.69) is 27.4 Å². The highest BCUT2D eigenvalue weighted by Gasteiger charge is 2.53. The molecular weight excluding hydrogens is 444 g/mol. The monoisotopic (exact) mass is 474 g/mol. The van der Waals surface area contributed by atoms with Crippen LogP contribution in [0.3, 0.4) is 0 Å². The van der Waals surface area contributed by atoms with Crippen molar-refractivity contribution < 1.29 is 9.53 Å². The van der Waals surface area contributed by atoms with E-state index in [9.17, 15) is 4.79 Å². The summed E-state index contributed by atoms with van der Waals surface area (Å²) in [6.07, 6.45) is 8.15. The van der Waals surface area contributed by atoms with Gasteiger partial charge in [0.1, 0.15) is 12.4 Å². The Morgan fingerprint density at radius 2 is 1.97 bits per heavy atom. The maximum Gasteiger partial charge on any atom is 0.230 e. The summed E-state index contributed by atoms with van der Waals surface area (Å²) < 4.78 is 5.76. The number of hydrogen-bond donors (Lipinski definition) is 2. The number of aryl methyl sites for hydroxylation is 1. The molecule has 2 N–H and O–H groups in total. The van der Waals surface area contributed by atoms with E-state index in [-0.39, 0.29) is 18.6 Å². The number of thioether (sulfide) groups is 1. The number of rotatable bonds is 8. The van der Waals surface area contributed by atoms with Gasteiger partial charge in [0.25, 0.3) is 0 Å². The third kappa shape index (κ3) is 4.65. The van der Waals surface area contributed by atoms with Gasteiger partial charge in [0.15, 0.2) is 5.82 Å². The number of hydrogen-bond acceptors (Lipinski definition) is 5. The van der Waals surface area contributed by atoms with Crippen LogP contribution in [0.4, 0.5) is 0 Å². The minimum Gasteiger partial charge on any atom is -0.486 e. The molecule has 0 aliphatic heterocycles. The van der Waals surface area contributed by atoms with Crippen LogP contribution in [0.2, 0.25) is 5.02 Å². The van der Waals surface area contributed by atoms with Gasteiger partial charge in [0.2, 0.25) is 11.1 Å². The van der Waals surface area contributed by atoms with Crippen molar-refractivity contribution in [2.75, 3.05) is 5.75 Å². The van der Waals surface area contributed by atoms with Crippen LogP contribution >= 0.6 is 23.4 Å². The molecule has 1 aromatic heterocycles. The molecule has 1 atom stereocenters. The van der Waals surface area contributed by atoms with E-state index >= 15 is 0 Å². The van der Waals surface area contributed by atoms with Crippen LogP contribution in [0.5, 0.6) is 5.75 Å². The number of nitrogens with one attached hydrogen (secondary N) is 2. The maximum atomic E-state index is 12.7. The van der Waals surface area contributed by atoms with Crippen LogP contribution in [0, 0.1) is 30.1 Å². The molecule has 32 heavy (non-hydrogen) atoms. The van der Waals surface area contributed by atoms with E-state index in [4.69, 9.17) is 16.3 Å². The van der Waals surface area contributed by atoms with Crippen molar-refractivity contribution in [3.05, 3.63) is 34.6 Å². The molecule has 4 aliphatic carbocycles. The second-order valence-corrected chi connectivity index (χ2v) is 11.5. The molecule has 0 spiro atoms. The molecule has 1 heterocycles. The fourth-order valence-electron chi connectivity index (χ4n) is 6.54. The first-order valence-electron chi connectivity index (χ1n) is 11.6. The number of amides is 1. The van der Waals surface area contributed by atoms with Crippen molar-refractivity contribution in [1.82, 2.24) is 20.5 Å². The normalized spacial score (nSPS) is 29.2. The molecule has 4 bridgehead atoms. The molecule has 4 aliphatic rings. The quantitative estimate of drug-likeness (QED) is 0.516. The zero-order valence-corrected chi connectivity index (χ0v) is 20.3. The molecule has 172 valence electrons. The summed E-state index contributed by atoms with van der Waals surface area (Å²) in [5, 5.41) is 11.7. The Labute approximate surface area is 198 Å². The predicted octanol–water partition coefficient (Wildman–Crippen LogP) is 5.16. The van der Waals surface area contributed by atoms with Crippen LogP contribution in [0.15, 0.2) is 23.4 Å². The maximum absolute atomic E-state index is 12.7. The SMILES string of the molecule is Cc1cc(OCc2nc(SCC(=O)NC(C)C34CC5CC(CC(C5)C3)C4)n[nH]2)ccc1Cl. The van der Waals surface area contributed by atoms with Crippen LogP contribution < -0.4 is 10.1 Å². The van der Waals surface area contributed by atoms with Crippen LogP contribution in [-0.2, 0) is 11.4 Å². The fourth-order valence-corrected chi connectivity index (χ4v) is 7.29. The van der Waals surface area contributed by atoms with E-state index in [0.717, 1.165) is 29.1 Å². The van der Waals surface area contributed by atoms with E-state index < -0.39 is 0 Å². The van der Waals surface area contributed by atoms with Gasteiger partial charge in [0.05, 0.1) is 5.75 Å². The molecule has 2 aromatic rings. The standard InChI is InChI=1S/C24H31ClN4O2S/c1-14-5-19(3-4-20(14)25)31-12-21-27-23(29-28-21)32-13-22(30)26-15(2)24-9-16-6-17(10-24)8-18(7-16)11-24/h3-5,15-18H,6-13H2,1-2H3,(H,26,30)(H,27,28,29). The number of nitrogens with zero attached hydrogens (tertiary/aromatic N) is 2. The van der Waals surface area contributed by atoms with E-state index in [0.29, 0.717) is 27.2 Å². The van der Waals surface area contributed by atoms with Crippen LogP contribution in [0.1, 0.15) is 56.8 Å². The molecule has 1 amide bonds. The minimum absolute atomic E-state index is 0.0671. The van der Waals surface area contributed by atoms with Crippen molar-refractivity contribution in [3.8, 4) is 5.75 Å². The number of carbonyl (C=O) groups excluding carboxylic acids is 1. The lowest BCUT2D eigenvalue weighted by Gasteiger charge is -2.59. The smallest absolute Gasteiger partial charge is 0.230 e. The van der Waals surface area contributed by atoms with Crippen molar-refractivity contribution >= 4 is 29.3 Å². The highest BCUT2D eigenvalue weighted by molar-refractivity contribution is 7.99. The predicted molar refractivity (Wildman–Crippen MR) is 126 cm³/mol. The fraction of sp³-hybridized carbons (Fsp3) is 0.625. The molecule has 6 rings (SSSR count). The summed E-state index contributed by atoms with van der Waals surface area (Å²) in [7, 11) is 0. The third-order valence-corrected chi connectivity index (χ3v) is 9.00. The summed E-state index contributed by atoms with van der Waals surface area (Å²) in [5.74, 6) is 4.42. The first-order valence-corrected chi connectivity index (χ1v) is 13.0. The second-order valence-electron chi connectivity index (χ2n) is 10.1. The summed E-state index contributed by atoms with van der Waals surface area (Å²) in [6, 6.07) is 5.78. The minimum atomic E-state index is 0.0671. The Hall–Kier alpha value is -1.73. The summed E-state index contributed by atoms with van der Waals surface area (Å²) in [5.41, 5.74) is 1.29. The van der Waals surface area contributed by atoms with Gasteiger partial charge in [-0.2, -0.15) is 0 Å². The topological polar surface area (TPSA) is 79.9 Å². The average molecular weight is 475 g/mol. The number of H-pyrrole nitrogens is 1. The molecule has 6 nitrogen and oxygen atoms in total. The van der Waals surface area contributed by atoms with Gasteiger partial charge in [0, 0.05) is 11.1 Å². The number of benzene rings is 1. The Balaban J connectivity index is 1.09.